The number of nitrogens with one attached hydrogen (secondary N) is 1. The first-order valence-electron chi connectivity index (χ1n) is 5.77. The lowest BCUT2D eigenvalue weighted by atomic mass is 10.0. The molecule has 0 saturated carbocycles. The van der Waals surface area contributed by atoms with E-state index in [4.69, 9.17) is 5.73 Å². The highest BCUT2D eigenvalue weighted by Gasteiger charge is 2.37. The number of nitrogen functional groups attached to an aromatic ring is 1. The van der Waals surface area contributed by atoms with E-state index >= 15 is 0 Å². The lowest BCUT2D eigenvalue weighted by Crippen LogP contribution is -2.47. The second kappa shape index (κ2) is 4.30. The van der Waals surface area contributed by atoms with Crippen LogP contribution in [0, 0.1) is 0 Å². The van der Waals surface area contributed by atoms with Crippen molar-refractivity contribution >= 4 is 15.8 Å². The average Bonchev–Trinajstić information content (AvgIpc) is 2.64. The number of rotatable bonds is 2. The molecule has 0 aliphatic carbocycles. The summed E-state index contributed by atoms with van der Waals surface area (Å²) in [5.74, 6) is 0.106. The predicted octanol–water partition coefficient (Wildman–Crippen LogP) is 0.944. The molecule has 2 heterocycles. The van der Waals surface area contributed by atoms with Crippen molar-refractivity contribution in [3.05, 3.63) is 6.20 Å². The van der Waals surface area contributed by atoms with Crippen LogP contribution in [0.1, 0.15) is 33.1 Å². The van der Waals surface area contributed by atoms with Crippen molar-refractivity contribution in [1.82, 2.24) is 14.5 Å². The Morgan fingerprint density at radius 1 is 1.41 bits per heavy atom. The lowest BCUT2D eigenvalue weighted by Gasteiger charge is -2.37. The van der Waals surface area contributed by atoms with Crippen molar-refractivity contribution in [2.45, 2.75) is 50.1 Å². The second-order valence-corrected chi connectivity index (χ2v) is 6.42. The van der Waals surface area contributed by atoms with Gasteiger partial charge in [-0.05, 0) is 26.7 Å². The number of H-pyrrole nitrogens is 1. The minimum atomic E-state index is -3.53. The second-order valence-electron chi connectivity index (χ2n) is 4.61. The van der Waals surface area contributed by atoms with Gasteiger partial charge in [0.25, 0.3) is 0 Å². The van der Waals surface area contributed by atoms with E-state index in [9.17, 15) is 8.42 Å². The first-order chi connectivity index (χ1) is 7.94. The zero-order valence-electron chi connectivity index (χ0n) is 10.0. The number of nitrogens with two attached hydrogens (primary N) is 1. The Kier molecular flexibility index (Phi) is 3.13. The molecule has 1 aliphatic rings. The maximum Gasteiger partial charge on any atom is 0.248 e. The first-order valence-corrected chi connectivity index (χ1v) is 7.21. The van der Waals surface area contributed by atoms with Crippen LogP contribution < -0.4 is 5.73 Å². The largest absolute Gasteiger partial charge is 0.383 e. The molecule has 3 N–H and O–H groups in total. The molecule has 96 valence electrons. The predicted molar refractivity (Wildman–Crippen MR) is 64.8 cm³/mol. The molecule has 1 aliphatic heterocycles. The van der Waals surface area contributed by atoms with Crippen molar-refractivity contribution in [3.63, 3.8) is 0 Å². The van der Waals surface area contributed by atoms with E-state index < -0.39 is 10.0 Å². The van der Waals surface area contributed by atoms with Gasteiger partial charge in [-0.2, -0.15) is 9.40 Å². The summed E-state index contributed by atoms with van der Waals surface area (Å²) in [6, 6.07) is 0.0242. The smallest absolute Gasteiger partial charge is 0.248 e. The van der Waals surface area contributed by atoms with Gasteiger partial charge < -0.3 is 5.73 Å². The fraction of sp³-hybridized carbons (Fsp3) is 0.700. The zero-order valence-corrected chi connectivity index (χ0v) is 10.9. The zero-order chi connectivity index (χ0) is 12.6. The third kappa shape index (κ3) is 2.04. The van der Waals surface area contributed by atoms with E-state index in [1.807, 2.05) is 13.8 Å². The van der Waals surface area contributed by atoms with Gasteiger partial charge in [0.2, 0.25) is 10.0 Å². The molecule has 2 atom stereocenters. The summed E-state index contributed by atoms with van der Waals surface area (Å²) in [4.78, 5) is 0.0816. The number of piperidine rings is 1. The molecular formula is C10H18N4O2S. The van der Waals surface area contributed by atoms with Crippen LogP contribution in [0.5, 0.6) is 0 Å². The minimum Gasteiger partial charge on any atom is -0.383 e. The molecule has 0 unspecified atom stereocenters. The fourth-order valence-corrected chi connectivity index (χ4v) is 4.37. The molecule has 0 bridgehead atoms. The summed E-state index contributed by atoms with van der Waals surface area (Å²) in [7, 11) is -3.53. The van der Waals surface area contributed by atoms with Crippen molar-refractivity contribution in [1.29, 1.82) is 0 Å². The Hall–Kier alpha value is -1.08. The summed E-state index contributed by atoms with van der Waals surface area (Å²) < 4.78 is 26.5. The maximum atomic E-state index is 12.5. The monoisotopic (exact) mass is 258 g/mol. The Morgan fingerprint density at radius 3 is 2.47 bits per heavy atom. The van der Waals surface area contributed by atoms with Crippen molar-refractivity contribution < 1.29 is 8.42 Å². The quantitative estimate of drug-likeness (QED) is 0.826. The van der Waals surface area contributed by atoms with E-state index in [1.165, 1.54) is 6.20 Å². The Labute approximate surface area is 101 Å². The summed E-state index contributed by atoms with van der Waals surface area (Å²) in [5, 5.41) is 6.14. The van der Waals surface area contributed by atoms with Gasteiger partial charge in [-0.25, -0.2) is 8.42 Å². The van der Waals surface area contributed by atoms with E-state index in [0.717, 1.165) is 19.3 Å². The number of hydrogen-bond donors (Lipinski definition) is 2. The number of nitrogens with zero attached hydrogens (tertiary/aromatic N) is 2. The number of hydrogen-bond acceptors (Lipinski definition) is 4. The van der Waals surface area contributed by atoms with E-state index in [1.54, 1.807) is 4.31 Å². The Balaban J connectivity index is 2.41. The molecule has 0 radical (unpaired) electrons. The van der Waals surface area contributed by atoms with Crippen LogP contribution in [0.25, 0.3) is 0 Å². The van der Waals surface area contributed by atoms with Crippen LogP contribution in [0.3, 0.4) is 0 Å². The van der Waals surface area contributed by atoms with Crippen molar-refractivity contribution in [2.75, 3.05) is 5.73 Å². The third-order valence-corrected chi connectivity index (χ3v) is 5.46. The normalized spacial score (nSPS) is 27.2. The molecule has 0 spiro atoms. The van der Waals surface area contributed by atoms with Gasteiger partial charge in [0.1, 0.15) is 10.7 Å². The molecule has 0 amide bonds. The molecule has 6 nitrogen and oxygen atoms in total. The van der Waals surface area contributed by atoms with Gasteiger partial charge in [0.05, 0.1) is 6.20 Å². The molecule has 1 fully saturated rings. The maximum absolute atomic E-state index is 12.5. The summed E-state index contributed by atoms with van der Waals surface area (Å²) in [5.41, 5.74) is 5.60. The highest BCUT2D eigenvalue weighted by Crippen LogP contribution is 2.30. The van der Waals surface area contributed by atoms with Gasteiger partial charge in [-0.1, -0.05) is 6.42 Å². The Morgan fingerprint density at radius 2 is 2.00 bits per heavy atom. The Bertz CT molecular complexity index is 486. The molecule has 17 heavy (non-hydrogen) atoms. The number of aromatic amines is 1. The van der Waals surface area contributed by atoms with Gasteiger partial charge >= 0.3 is 0 Å². The van der Waals surface area contributed by atoms with Crippen molar-refractivity contribution in [2.24, 2.45) is 0 Å². The first kappa shape index (κ1) is 12.4. The van der Waals surface area contributed by atoms with Gasteiger partial charge in [0, 0.05) is 12.1 Å². The fourth-order valence-electron chi connectivity index (χ4n) is 2.48. The van der Waals surface area contributed by atoms with Gasteiger partial charge in [0.15, 0.2) is 0 Å². The highest BCUT2D eigenvalue weighted by atomic mass is 32.2. The van der Waals surface area contributed by atoms with Crippen LogP contribution in [0.15, 0.2) is 11.1 Å². The number of aromatic nitrogens is 2. The molecule has 1 saturated heterocycles. The molecule has 2 rings (SSSR count). The summed E-state index contributed by atoms with van der Waals surface area (Å²) >= 11 is 0. The molecule has 7 heteroatoms. The van der Waals surface area contributed by atoms with E-state index in [-0.39, 0.29) is 22.8 Å². The average molecular weight is 258 g/mol. The molecule has 0 aromatic carbocycles. The summed E-state index contributed by atoms with van der Waals surface area (Å²) in [6.07, 6.45) is 4.12. The highest BCUT2D eigenvalue weighted by molar-refractivity contribution is 7.89. The van der Waals surface area contributed by atoms with Crippen LogP contribution in [0.2, 0.25) is 0 Å². The number of sulfonamides is 1. The van der Waals surface area contributed by atoms with Gasteiger partial charge in [-0.15, -0.1) is 0 Å². The van der Waals surface area contributed by atoms with Crippen LogP contribution in [-0.2, 0) is 10.0 Å². The third-order valence-electron chi connectivity index (χ3n) is 3.30. The van der Waals surface area contributed by atoms with E-state index in [2.05, 4.69) is 10.2 Å². The molecular weight excluding hydrogens is 240 g/mol. The minimum absolute atomic E-state index is 0.0121. The number of anilines is 1. The SMILES string of the molecule is C[C@@H]1CCC[C@H](C)N1S(=O)(=O)c1cn[nH]c1N. The van der Waals surface area contributed by atoms with Crippen LogP contribution in [-0.4, -0.2) is 35.0 Å². The summed E-state index contributed by atoms with van der Waals surface area (Å²) in [6.45, 7) is 3.87. The molecule has 1 aromatic rings. The van der Waals surface area contributed by atoms with E-state index in [0.29, 0.717) is 0 Å². The molecule has 1 aromatic heterocycles. The topological polar surface area (TPSA) is 92.1 Å². The standard InChI is InChI=1S/C10H18N4O2S/c1-7-4-3-5-8(2)14(7)17(15,16)9-6-12-13-10(9)11/h6-8H,3-5H2,1-2H3,(H3,11,12,13)/t7-,8+. The van der Waals surface area contributed by atoms with Crippen LogP contribution in [0.4, 0.5) is 5.82 Å². The van der Waals surface area contributed by atoms with Gasteiger partial charge in [-0.3, -0.25) is 5.10 Å². The lowest BCUT2D eigenvalue weighted by molar-refractivity contribution is 0.204. The van der Waals surface area contributed by atoms with Crippen LogP contribution >= 0.6 is 0 Å². The van der Waals surface area contributed by atoms with Crippen molar-refractivity contribution in [3.8, 4) is 0 Å².